The van der Waals surface area contributed by atoms with Crippen LogP contribution in [0.1, 0.15) is 0 Å². The number of hydrogen-bond donors (Lipinski definition) is 0. The molecule has 0 radical (unpaired) electrons. The molecule has 168 valence electrons. The van der Waals surface area contributed by atoms with Gasteiger partial charge < -0.3 is 4.90 Å². The van der Waals surface area contributed by atoms with Gasteiger partial charge in [0.2, 0.25) is 0 Å². The maximum absolute atomic E-state index is 2.35. The third-order valence-corrected chi connectivity index (χ3v) is 7.39. The molecule has 6 rings (SSSR count). The number of benzene rings is 6. The van der Waals surface area contributed by atoms with Crippen LogP contribution in [0.3, 0.4) is 0 Å². The summed E-state index contributed by atoms with van der Waals surface area (Å²) in [5.74, 6) is 0. The molecule has 6 aromatic carbocycles. The lowest BCUT2D eigenvalue weighted by atomic mass is 9.94. The van der Waals surface area contributed by atoms with E-state index in [0.717, 1.165) is 11.4 Å². The first-order chi connectivity index (χ1) is 17.3. The SMILES string of the molecule is CSc1c(-c2ccc(N(c3ccccc3)c3ccccc3)c3ccccc23)ccc2ccccc12. The zero-order chi connectivity index (χ0) is 23.6. The van der Waals surface area contributed by atoms with Gasteiger partial charge in [-0.3, -0.25) is 0 Å². The molecule has 2 heteroatoms. The molecule has 0 unspecified atom stereocenters. The molecular weight excluding hydrogens is 442 g/mol. The molecule has 0 saturated carbocycles. The van der Waals surface area contributed by atoms with Crippen LogP contribution in [0, 0.1) is 0 Å². The third-order valence-electron chi connectivity index (χ3n) is 6.54. The Morgan fingerprint density at radius 2 is 1.00 bits per heavy atom. The Morgan fingerprint density at radius 1 is 0.457 bits per heavy atom. The zero-order valence-corrected chi connectivity index (χ0v) is 20.4. The standard InChI is InChI=1S/C33H25NS/c1-35-33-27-17-9-8-12-24(27)20-21-31(33)29-22-23-32(30-19-11-10-18-28(29)30)34(25-13-4-2-5-14-25)26-15-6-3-7-16-26/h2-23H,1H3. The van der Waals surface area contributed by atoms with E-state index in [1.54, 1.807) is 0 Å². The lowest BCUT2D eigenvalue weighted by Gasteiger charge is -2.27. The molecular formula is C33H25NS. The van der Waals surface area contributed by atoms with Crippen molar-refractivity contribution in [3.63, 3.8) is 0 Å². The maximum atomic E-state index is 2.35. The Hall–Kier alpha value is -4.01. The Bertz CT molecular complexity index is 1580. The lowest BCUT2D eigenvalue weighted by Crippen LogP contribution is -2.10. The molecule has 0 atom stereocenters. The van der Waals surface area contributed by atoms with Crippen LogP contribution < -0.4 is 4.90 Å². The van der Waals surface area contributed by atoms with Crippen LogP contribution in [0.5, 0.6) is 0 Å². The molecule has 35 heavy (non-hydrogen) atoms. The molecule has 6 aromatic rings. The van der Waals surface area contributed by atoms with Crippen molar-refractivity contribution in [1.29, 1.82) is 0 Å². The molecule has 0 aromatic heterocycles. The number of hydrogen-bond acceptors (Lipinski definition) is 2. The fourth-order valence-electron chi connectivity index (χ4n) is 4.97. The summed E-state index contributed by atoms with van der Waals surface area (Å²) in [6.45, 7) is 0. The van der Waals surface area contributed by atoms with Gasteiger partial charge in [-0.15, -0.1) is 11.8 Å². The first-order valence-corrected chi connectivity index (χ1v) is 13.1. The first kappa shape index (κ1) is 21.5. The van der Waals surface area contributed by atoms with Gasteiger partial charge in [-0.25, -0.2) is 0 Å². The van der Waals surface area contributed by atoms with E-state index >= 15 is 0 Å². The highest BCUT2D eigenvalue weighted by atomic mass is 32.2. The molecule has 0 aliphatic carbocycles. The number of rotatable bonds is 5. The van der Waals surface area contributed by atoms with Gasteiger partial charge >= 0.3 is 0 Å². The molecule has 0 aliphatic heterocycles. The van der Waals surface area contributed by atoms with Crippen molar-refractivity contribution >= 4 is 50.4 Å². The third kappa shape index (κ3) is 3.86. The first-order valence-electron chi connectivity index (χ1n) is 11.8. The van der Waals surface area contributed by atoms with E-state index in [0.29, 0.717) is 0 Å². The summed E-state index contributed by atoms with van der Waals surface area (Å²) in [5.41, 5.74) is 6.01. The van der Waals surface area contributed by atoms with Gasteiger partial charge in [-0.2, -0.15) is 0 Å². The van der Waals surface area contributed by atoms with Crippen LogP contribution in [-0.4, -0.2) is 6.26 Å². The second-order valence-corrected chi connectivity index (χ2v) is 9.37. The van der Waals surface area contributed by atoms with Crippen LogP contribution in [0.4, 0.5) is 17.1 Å². The zero-order valence-electron chi connectivity index (χ0n) is 19.6. The summed E-state index contributed by atoms with van der Waals surface area (Å²) in [6.07, 6.45) is 2.17. The molecule has 0 amide bonds. The molecule has 0 fully saturated rings. The van der Waals surface area contributed by atoms with Gasteiger partial charge in [0, 0.05) is 21.7 Å². The quantitative estimate of drug-likeness (QED) is 0.232. The minimum absolute atomic E-state index is 1.15. The Morgan fingerprint density at radius 3 is 1.66 bits per heavy atom. The molecule has 0 heterocycles. The Kier molecular flexibility index (Phi) is 5.73. The Balaban J connectivity index is 1.61. The van der Waals surface area contributed by atoms with Crippen molar-refractivity contribution in [3.05, 3.63) is 133 Å². The monoisotopic (exact) mass is 467 g/mol. The van der Waals surface area contributed by atoms with Crippen LogP contribution in [-0.2, 0) is 0 Å². The highest BCUT2D eigenvalue weighted by Gasteiger charge is 2.18. The molecule has 0 spiro atoms. The van der Waals surface area contributed by atoms with Gasteiger partial charge in [0.15, 0.2) is 0 Å². The number of nitrogens with zero attached hydrogens (tertiary/aromatic N) is 1. The van der Waals surface area contributed by atoms with E-state index in [9.17, 15) is 0 Å². The fraction of sp³-hybridized carbons (Fsp3) is 0.0303. The van der Waals surface area contributed by atoms with E-state index in [1.807, 2.05) is 11.8 Å². The maximum Gasteiger partial charge on any atom is 0.0540 e. The number of fused-ring (bicyclic) bond motifs is 2. The molecule has 0 aliphatic rings. The summed E-state index contributed by atoms with van der Waals surface area (Å²) >= 11 is 1.82. The average Bonchev–Trinajstić information content (AvgIpc) is 2.94. The lowest BCUT2D eigenvalue weighted by molar-refractivity contribution is 1.30. The fourth-order valence-corrected chi connectivity index (χ4v) is 5.77. The highest BCUT2D eigenvalue weighted by molar-refractivity contribution is 7.99. The van der Waals surface area contributed by atoms with Crippen molar-refractivity contribution in [2.45, 2.75) is 4.90 Å². The number of anilines is 3. The van der Waals surface area contributed by atoms with Gasteiger partial charge in [-0.1, -0.05) is 103 Å². The van der Waals surface area contributed by atoms with Crippen LogP contribution in [0.25, 0.3) is 32.7 Å². The minimum atomic E-state index is 1.15. The topological polar surface area (TPSA) is 3.24 Å². The number of para-hydroxylation sites is 2. The van der Waals surface area contributed by atoms with Gasteiger partial charge in [0.05, 0.1) is 5.69 Å². The van der Waals surface area contributed by atoms with Gasteiger partial charge in [0.25, 0.3) is 0 Å². The second-order valence-electron chi connectivity index (χ2n) is 8.55. The summed E-state index contributed by atoms with van der Waals surface area (Å²) in [7, 11) is 0. The van der Waals surface area contributed by atoms with E-state index in [2.05, 4.69) is 145 Å². The highest BCUT2D eigenvalue weighted by Crippen LogP contribution is 2.44. The van der Waals surface area contributed by atoms with Crippen LogP contribution in [0.15, 0.2) is 138 Å². The Labute approximate surface area is 210 Å². The molecule has 0 N–H and O–H groups in total. The molecule has 0 bridgehead atoms. The van der Waals surface area contributed by atoms with E-state index in [1.165, 1.54) is 43.3 Å². The van der Waals surface area contributed by atoms with Gasteiger partial charge in [-0.05, 0) is 63.9 Å². The largest absolute Gasteiger partial charge is 0.310 e. The summed E-state index contributed by atoms with van der Waals surface area (Å²) in [4.78, 5) is 3.67. The minimum Gasteiger partial charge on any atom is -0.310 e. The van der Waals surface area contributed by atoms with E-state index in [-0.39, 0.29) is 0 Å². The average molecular weight is 468 g/mol. The van der Waals surface area contributed by atoms with Crippen molar-refractivity contribution in [3.8, 4) is 11.1 Å². The predicted molar refractivity (Wildman–Crippen MR) is 153 cm³/mol. The van der Waals surface area contributed by atoms with Crippen molar-refractivity contribution in [2.24, 2.45) is 0 Å². The number of thioether (sulfide) groups is 1. The van der Waals surface area contributed by atoms with Crippen LogP contribution in [0.2, 0.25) is 0 Å². The van der Waals surface area contributed by atoms with Crippen molar-refractivity contribution in [2.75, 3.05) is 11.2 Å². The smallest absolute Gasteiger partial charge is 0.0540 e. The predicted octanol–water partition coefficient (Wildman–Crippen LogP) is 9.85. The van der Waals surface area contributed by atoms with Crippen molar-refractivity contribution in [1.82, 2.24) is 0 Å². The normalized spacial score (nSPS) is 11.1. The van der Waals surface area contributed by atoms with Gasteiger partial charge in [0.1, 0.15) is 0 Å². The van der Waals surface area contributed by atoms with Crippen molar-refractivity contribution < 1.29 is 0 Å². The summed E-state index contributed by atoms with van der Waals surface area (Å²) < 4.78 is 0. The molecule has 0 saturated heterocycles. The summed E-state index contributed by atoms with van der Waals surface area (Å²) in [5, 5.41) is 5.08. The summed E-state index contributed by atoms with van der Waals surface area (Å²) in [6, 6.07) is 47.7. The van der Waals surface area contributed by atoms with E-state index < -0.39 is 0 Å². The molecule has 1 nitrogen and oxygen atoms in total. The van der Waals surface area contributed by atoms with Crippen LogP contribution >= 0.6 is 11.8 Å². The van der Waals surface area contributed by atoms with E-state index in [4.69, 9.17) is 0 Å². The second kappa shape index (κ2) is 9.32.